The Kier molecular flexibility index (Phi) is 3.11. The Morgan fingerprint density at radius 1 is 1.31 bits per heavy atom. The summed E-state index contributed by atoms with van der Waals surface area (Å²) < 4.78 is 0. The van der Waals surface area contributed by atoms with Crippen LogP contribution < -0.4 is 5.73 Å². The highest BCUT2D eigenvalue weighted by Gasteiger charge is 1.96. The minimum absolute atomic E-state index is 0.0556. The van der Waals surface area contributed by atoms with Crippen molar-refractivity contribution >= 4 is 0 Å². The van der Waals surface area contributed by atoms with Crippen molar-refractivity contribution in [1.29, 1.82) is 0 Å². The van der Waals surface area contributed by atoms with Crippen LogP contribution in [0.15, 0.2) is 18.2 Å². The summed E-state index contributed by atoms with van der Waals surface area (Å²) in [6.45, 7) is 6.06. The molecule has 0 radical (unpaired) electrons. The van der Waals surface area contributed by atoms with Gasteiger partial charge in [0.05, 0.1) is 6.04 Å². The highest BCUT2D eigenvalue weighted by molar-refractivity contribution is 5.44. The molecule has 0 bridgehead atoms. The maximum Gasteiger partial charge on any atom is 0.0639 e. The standard InChI is InChI=1S/C12H15N/c1-9-5-4-6-12(11(9)3)8-7-10(2)13/h4-6,10H,13H2,1-3H3. The SMILES string of the molecule is Cc1cccc(C#CC(C)N)c1C. The van der Waals surface area contributed by atoms with Gasteiger partial charge >= 0.3 is 0 Å². The molecule has 1 rings (SSSR count). The van der Waals surface area contributed by atoms with Crippen LogP contribution in [-0.4, -0.2) is 6.04 Å². The van der Waals surface area contributed by atoms with E-state index < -0.39 is 0 Å². The molecular weight excluding hydrogens is 158 g/mol. The van der Waals surface area contributed by atoms with Crippen molar-refractivity contribution in [2.75, 3.05) is 0 Å². The maximum atomic E-state index is 5.55. The monoisotopic (exact) mass is 173 g/mol. The third kappa shape index (κ3) is 2.61. The lowest BCUT2D eigenvalue weighted by molar-refractivity contribution is 0.959. The first kappa shape index (κ1) is 9.83. The van der Waals surface area contributed by atoms with Crippen molar-refractivity contribution in [3.63, 3.8) is 0 Å². The van der Waals surface area contributed by atoms with E-state index in [1.165, 1.54) is 11.1 Å². The van der Waals surface area contributed by atoms with E-state index in [2.05, 4.69) is 31.8 Å². The van der Waals surface area contributed by atoms with E-state index >= 15 is 0 Å². The first-order chi connectivity index (χ1) is 6.11. The largest absolute Gasteiger partial charge is 0.318 e. The van der Waals surface area contributed by atoms with Gasteiger partial charge < -0.3 is 5.73 Å². The third-order valence-electron chi connectivity index (χ3n) is 2.04. The second-order valence-electron chi connectivity index (χ2n) is 3.31. The van der Waals surface area contributed by atoms with E-state index in [0.29, 0.717) is 0 Å². The van der Waals surface area contributed by atoms with Gasteiger partial charge in [0.1, 0.15) is 0 Å². The van der Waals surface area contributed by atoms with Crippen LogP contribution >= 0.6 is 0 Å². The van der Waals surface area contributed by atoms with E-state index in [4.69, 9.17) is 5.73 Å². The highest BCUT2D eigenvalue weighted by Crippen LogP contribution is 2.10. The number of rotatable bonds is 0. The first-order valence-electron chi connectivity index (χ1n) is 4.44. The molecule has 0 fully saturated rings. The van der Waals surface area contributed by atoms with Crippen molar-refractivity contribution in [3.05, 3.63) is 34.9 Å². The Labute approximate surface area is 80.0 Å². The van der Waals surface area contributed by atoms with E-state index in [1.54, 1.807) is 0 Å². The van der Waals surface area contributed by atoms with E-state index in [9.17, 15) is 0 Å². The third-order valence-corrected chi connectivity index (χ3v) is 2.04. The molecule has 0 aliphatic heterocycles. The normalized spacial score (nSPS) is 11.7. The lowest BCUT2D eigenvalue weighted by Crippen LogP contribution is -2.11. The van der Waals surface area contributed by atoms with Crippen molar-refractivity contribution in [2.45, 2.75) is 26.8 Å². The Hall–Kier alpha value is -1.26. The van der Waals surface area contributed by atoms with Gasteiger partial charge in [0.2, 0.25) is 0 Å². The van der Waals surface area contributed by atoms with Gasteiger partial charge in [-0.2, -0.15) is 0 Å². The molecule has 0 saturated heterocycles. The molecule has 0 aliphatic rings. The van der Waals surface area contributed by atoms with Gasteiger partial charge in [0.15, 0.2) is 0 Å². The predicted octanol–water partition coefficient (Wildman–Crippen LogP) is 2.00. The molecule has 0 spiro atoms. The molecular formula is C12H15N. The number of benzene rings is 1. The molecule has 0 heterocycles. The molecule has 1 unspecified atom stereocenters. The van der Waals surface area contributed by atoms with Gasteiger partial charge in [-0.25, -0.2) is 0 Å². The zero-order valence-electron chi connectivity index (χ0n) is 8.39. The smallest absolute Gasteiger partial charge is 0.0639 e. The molecule has 0 amide bonds. The van der Waals surface area contributed by atoms with Crippen LogP contribution in [0, 0.1) is 25.7 Å². The fraction of sp³-hybridized carbons (Fsp3) is 0.333. The summed E-state index contributed by atoms with van der Waals surface area (Å²) in [7, 11) is 0. The van der Waals surface area contributed by atoms with Crippen molar-refractivity contribution in [2.24, 2.45) is 5.73 Å². The van der Waals surface area contributed by atoms with Crippen molar-refractivity contribution in [3.8, 4) is 11.8 Å². The second-order valence-corrected chi connectivity index (χ2v) is 3.31. The topological polar surface area (TPSA) is 26.0 Å². The molecule has 1 atom stereocenters. The Morgan fingerprint density at radius 2 is 2.00 bits per heavy atom. The summed E-state index contributed by atoms with van der Waals surface area (Å²) in [5.41, 5.74) is 9.16. The molecule has 1 heteroatoms. The number of aryl methyl sites for hydroxylation is 1. The number of hydrogen-bond acceptors (Lipinski definition) is 1. The summed E-state index contributed by atoms with van der Waals surface area (Å²) in [6.07, 6.45) is 0. The lowest BCUT2D eigenvalue weighted by Gasteiger charge is -2.01. The summed E-state index contributed by atoms with van der Waals surface area (Å²) in [5.74, 6) is 6.04. The quantitative estimate of drug-likeness (QED) is 0.597. The second kappa shape index (κ2) is 4.11. The molecule has 13 heavy (non-hydrogen) atoms. The van der Waals surface area contributed by atoms with Crippen LogP contribution in [-0.2, 0) is 0 Å². The predicted molar refractivity (Wildman–Crippen MR) is 56.4 cm³/mol. The highest BCUT2D eigenvalue weighted by atomic mass is 14.6. The van der Waals surface area contributed by atoms with Gasteiger partial charge in [-0.15, -0.1) is 0 Å². The molecule has 1 aromatic rings. The maximum absolute atomic E-state index is 5.55. The van der Waals surface area contributed by atoms with Crippen LogP contribution in [0.4, 0.5) is 0 Å². The van der Waals surface area contributed by atoms with Crippen molar-refractivity contribution < 1.29 is 0 Å². The summed E-state index contributed by atoms with van der Waals surface area (Å²) in [4.78, 5) is 0. The zero-order chi connectivity index (χ0) is 9.84. The van der Waals surface area contributed by atoms with Gasteiger partial charge in [0, 0.05) is 5.56 Å². The Morgan fingerprint density at radius 3 is 2.62 bits per heavy atom. The summed E-state index contributed by atoms with van der Waals surface area (Å²) in [5, 5.41) is 0. The van der Waals surface area contributed by atoms with Crippen LogP contribution in [0.25, 0.3) is 0 Å². The first-order valence-corrected chi connectivity index (χ1v) is 4.44. The van der Waals surface area contributed by atoms with Crippen LogP contribution in [0.5, 0.6) is 0 Å². The number of hydrogen-bond donors (Lipinski definition) is 1. The van der Waals surface area contributed by atoms with Crippen LogP contribution in [0.3, 0.4) is 0 Å². The van der Waals surface area contributed by atoms with Gasteiger partial charge in [-0.1, -0.05) is 24.0 Å². The zero-order valence-corrected chi connectivity index (χ0v) is 8.39. The minimum atomic E-state index is -0.0556. The fourth-order valence-electron chi connectivity index (χ4n) is 1.08. The molecule has 2 N–H and O–H groups in total. The summed E-state index contributed by atoms with van der Waals surface area (Å²) in [6, 6.07) is 6.08. The minimum Gasteiger partial charge on any atom is -0.318 e. The molecule has 0 aliphatic carbocycles. The summed E-state index contributed by atoms with van der Waals surface area (Å²) >= 11 is 0. The Bertz CT molecular complexity index is 353. The fourth-order valence-corrected chi connectivity index (χ4v) is 1.08. The van der Waals surface area contributed by atoms with Crippen molar-refractivity contribution in [1.82, 2.24) is 0 Å². The van der Waals surface area contributed by atoms with E-state index in [-0.39, 0.29) is 6.04 Å². The van der Waals surface area contributed by atoms with Gasteiger partial charge in [0.25, 0.3) is 0 Å². The molecule has 1 aromatic carbocycles. The van der Waals surface area contributed by atoms with Crippen LogP contribution in [0.1, 0.15) is 23.6 Å². The van der Waals surface area contributed by atoms with Gasteiger partial charge in [-0.3, -0.25) is 0 Å². The Balaban J connectivity index is 3.04. The lowest BCUT2D eigenvalue weighted by atomic mass is 10.0. The van der Waals surface area contributed by atoms with E-state index in [1.807, 2.05) is 19.1 Å². The molecule has 1 nitrogen and oxygen atoms in total. The molecule has 0 aromatic heterocycles. The average Bonchev–Trinajstić information content (AvgIpc) is 2.07. The van der Waals surface area contributed by atoms with E-state index in [0.717, 1.165) is 5.56 Å². The van der Waals surface area contributed by atoms with Crippen LogP contribution in [0.2, 0.25) is 0 Å². The van der Waals surface area contributed by atoms with Gasteiger partial charge in [-0.05, 0) is 38.0 Å². The molecule has 0 saturated carbocycles. The molecule has 68 valence electrons. The average molecular weight is 173 g/mol. The number of nitrogens with two attached hydrogens (primary N) is 1.